The molecule has 2 aromatic heterocycles. The number of carbonyl (C=O) groups excluding carboxylic acids is 2. The molecular weight excluding hydrogens is 556 g/mol. The predicted octanol–water partition coefficient (Wildman–Crippen LogP) is 4.21. The van der Waals surface area contributed by atoms with Crippen LogP contribution in [0.2, 0.25) is 0 Å². The molecule has 2 aliphatic heterocycles. The van der Waals surface area contributed by atoms with Crippen molar-refractivity contribution in [1.29, 1.82) is 0 Å². The molecule has 2 amide bonds. The fraction of sp³-hybridized carbons (Fsp3) is 0.333. The van der Waals surface area contributed by atoms with Gasteiger partial charge in [-0.05, 0) is 37.1 Å². The van der Waals surface area contributed by atoms with Gasteiger partial charge in [-0.25, -0.2) is 9.97 Å². The molecule has 2 atom stereocenters. The molecule has 0 radical (unpaired) electrons. The SMILES string of the molecule is C=CC(=O)Nc1cc(Nc2ncc(C(=O)N(C)C)c(-c3cn(C)c4ccccc34)n2)c(OC)cc1N1CC2CN(C)CC2C1. The number of aromatic nitrogens is 3. The molecule has 4 heterocycles. The summed E-state index contributed by atoms with van der Waals surface area (Å²) >= 11 is 0. The first-order valence-corrected chi connectivity index (χ1v) is 14.7. The third-order valence-electron chi connectivity index (χ3n) is 8.59. The van der Waals surface area contributed by atoms with Gasteiger partial charge in [0, 0.05) is 82.2 Å². The molecule has 6 rings (SSSR count). The Bertz CT molecular complexity index is 1750. The second-order valence-electron chi connectivity index (χ2n) is 11.9. The van der Waals surface area contributed by atoms with Gasteiger partial charge < -0.3 is 34.6 Å². The largest absolute Gasteiger partial charge is 0.494 e. The van der Waals surface area contributed by atoms with Crippen LogP contribution < -0.4 is 20.3 Å². The fourth-order valence-corrected chi connectivity index (χ4v) is 6.50. The number of likely N-dealkylation sites (tertiary alicyclic amines) is 1. The molecule has 0 bridgehead atoms. The number of rotatable bonds is 8. The molecule has 2 N–H and O–H groups in total. The van der Waals surface area contributed by atoms with E-state index in [0.29, 0.717) is 40.2 Å². The second-order valence-corrected chi connectivity index (χ2v) is 11.9. The van der Waals surface area contributed by atoms with Gasteiger partial charge in [0.05, 0.1) is 35.4 Å². The zero-order valence-electron chi connectivity index (χ0n) is 25.8. The topological polar surface area (TPSA) is 108 Å². The quantitative estimate of drug-likeness (QED) is 0.292. The average Bonchev–Trinajstić information content (AvgIpc) is 3.67. The van der Waals surface area contributed by atoms with Crippen LogP contribution in [0, 0.1) is 11.8 Å². The summed E-state index contributed by atoms with van der Waals surface area (Å²) in [6, 6.07) is 11.8. The fourth-order valence-electron chi connectivity index (χ4n) is 6.50. The Morgan fingerprint density at radius 3 is 2.48 bits per heavy atom. The molecule has 2 aromatic carbocycles. The number of amides is 2. The number of fused-ring (bicyclic) bond motifs is 2. The number of anilines is 4. The standard InChI is InChI=1S/C33H38N8O3/c1-7-30(42)35-25-12-26(29(44-6)13-28(25)41-17-20-15-39(4)16-21(20)18-41)36-33-34-14-23(32(43)38(2)3)31(37-33)24-19-40(5)27-11-9-8-10-22(24)27/h7-14,19-21H,1,15-18H2,2-6H3,(H,35,42)(H,34,36,37). The number of nitrogens with zero attached hydrogens (tertiary/aromatic N) is 6. The van der Waals surface area contributed by atoms with Gasteiger partial charge in [0.1, 0.15) is 5.75 Å². The highest BCUT2D eigenvalue weighted by Gasteiger charge is 2.39. The lowest BCUT2D eigenvalue weighted by molar-refractivity contribution is -0.111. The molecule has 44 heavy (non-hydrogen) atoms. The number of methoxy groups -OCH3 is 1. The minimum Gasteiger partial charge on any atom is -0.494 e. The highest BCUT2D eigenvalue weighted by atomic mass is 16.5. The first kappa shape index (κ1) is 29.2. The van der Waals surface area contributed by atoms with E-state index in [-0.39, 0.29) is 17.8 Å². The number of aryl methyl sites for hydroxylation is 1. The number of carbonyl (C=O) groups is 2. The Labute approximate surface area is 257 Å². The minimum atomic E-state index is -0.303. The van der Waals surface area contributed by atoms with Gasteiger partial charge in [0.25, 0.3) is 5.91 Å². The van der Waals surface area contributed by atoms with Crippen molar-refractivity contribution in [2.24, 2.45) is 18.9 Å². The highest BCUT2D eigenvalue weighted by molar-refractivity contribution is 6.05. The third-order valence-corrected chi connectivity index (χ3v) is 8.59. The van der Waals surface area contributed by atoms with Crippen LogP contribution in [-0.4, -0.2) is 90.6 Å². The lowest BCUT2D eigenvalue weighted by Gasteiger charge is -2.26. The number of para-hydroxylation sites is 1. The molecule has 2 unspecified atom stereocenters. The van der Waals surface area contributed by atoms with E-state index in [1.54, 1.807) is 27.4 Å². The molecule has 2 fully saturated rings. The monoisotopic (exact) mass is 594 g/mol. The van der Waals surface area contributed by atoms with Gasteiger partial charge in [-0.15, -0.1) is 0 Å². The third kappa shape index (κ3) is 5.35. The van der Waals surface area contributed by atoms with Crippen LogP contribution in [0.4, 0.5) is 23.0 Å². The Kier molecular flexibility index (Phi) is 7.73. The van der Waals surface area contributed by atoms with E-state index < -0.39 is 0 Å². The number of benzene rings is 2. The Balaban J connectivity index is 1.41. The normalized spacial score (nSPS) is 17.9. The van der Waals surface area contributed by atoms with Crippen LogP contribution in [0.5, 0.6) is 5.75 Å². The van der Waals surface area contributed by atoms with Crippen molar-refractivity contribution in [3.8, 4) is 17.0 Å². The number of hydrogen-bond donors (Lipinski definition) is 2. The first-order chi connectivity index (χ1) is 21.2. The van der Waals surface area contributed by atoms with Gasteiger partial charge >= 0.3 is 0 Å². The number of hydrogen-bond acceptors (Lipinski definition) is 8. The molecule has 4 aromatic rings. The summed E-state index contributed by atoms with van der Waals surface area (Å²) in [5, 5.41) is 7.26. The van der Waals surface area contributed by atoms with Gasteiger partial charge in [0.15, 0.2) is 0 Å². The van der Waals surface area contributed by atoms with Gasteiger partial charge in [-0.1, -0.05) is 24.8 Å². The van der Waals surface area contributed by atoms with Crippen LogP contribution in [0.15, 0.2) is 61.4 Å². The van der Waals surface area contributed by atoms with Crippen LogP contribution in [0.1, 0.15) is 10.4 Å². The van der Waals surface area contributed by atoms with Crippen molar-refractivity contribution in [2.75, 3.05) is 70.0 Å². The minimum absolute atomic E-state index is 0.197. The van der Waals surface area contributed by atoms with E-state index >= 15 is 0 Å². The molecule has 2 aliphatic rings. The van der Waals surface area contributed by atoms with E-state index in [0.717, 1.165) is 48.3 Å². The summed E-state index contributed by atoms with van der Waals surface area (Å²) in [4.78, 5) is 41.4. The summed E-state index contributed by atoms with van der Waals surface area (Å²) in [6.45, 7) is 7.57. The molecule has 0 spiro atoms. The lowest BCUT2D eigenvalue weighted by atomic mass is 10.0. The first-order valence-electron chi connectivity index (χ1n) is 14.7. The zero-order valence-corrected chi connectivity index (χ0v) is 25.8. The summed E-state index contributed by atoms with van der Waals surface area (Å²) in [6.07, 6.45) is 4.79. The van der Waals surface area contributed by atoms with E-state index in [1.165, 1.54) is 11.0 Å². The van der Waals surface area contributed by atoms with Crippen molar-refractivity contribution in [3.05, 3.63) is 67.0 Å². The van der Waals surface area contributed by atoms with E-state index in [4.69, 9.17) is 9.72 Å². The molecule has 0 saturated carbocycles. The van der Waals surface area contributed by atoms with E-state index in [9.17, 15) is 9.59 Å². The Hall–Kier alpha value is -4.90. The van der Waals surface area contributed by atoms with Gasteiger partial charge in [-0.3, -0.25) is 9.59 Å². The summed E-state index contributed by atoms with van der Waals surface area (Å²) in [7, 11) is 9.16. The average molecular weight is 595 g/mol. The van der Waals surface area contributed by atoms with Crippen molar-refractivity contribution >= 4 is 45.7 Å². The van der Waals surface area contributed by atoms with Crippen LogP contribution in [-0.2, 0) is 11.8 Å². The van der Waals surface area contributed by atoms with E-state index in [2.05, 4.69) is 39.0 Å². The van der Waals surface area contributed by atoms with Gasteiger partial charge in [-0.2, -0.15) is 0 Å². The molecular formula is C33H38N8O3. The molecule has 11 nitrogen and oxygen atoms in total. The van der Waals surface area contributed by atoms with Crippen molar-refractivity contribution in [1.82, 2.24) is 24.3 Å². The van der Waals surface area contributed by atoms with Gasteiger partial charge in [0.2, 0.25) is 11.9 Å². The Morgan fingerprint density at radius 2 is 1.80 bits per heavy atom. The second kappa shape index (κ2) is 11.6. The predicted molar refractivity (Wildman–Crippen MR) is 174 cm³/mol. The maximum absolute atomic E-state index is 13.2. The smallest absolute Gasteiger partial charge is 0.257 e. The summed E-state index contributed by atoms with van der Waals surface area (Å²) < 4.78 is 7.85. The summed E-state index contributed by atoms with van der Waals surface area (Å²) in [5.74, 6) is 1.52. The number of ether oxygens (including phenoxy) is 1. The molecule has 228 valence electrons. The van der Waals surface area contributed by atoms with Crippen LogP contribution in [0.25, 0.3) is 22.2 Å². The maximum atomic E-state index is 13.2. The van der Waals surface area contributed by atoms with Crippen molar-refractivity contribution < 1.29 is 14.3 Å². The van der Waals surface area contributed by atoms with Crippen LogP contribution >= 0.6 is 0 Å². The lowest BCUT2D eigenvalue weighted by Crippen LogP contribution is -2.27. The molecule has 0 aliphatic carbocycles. The van der Waals surface area contributed by atoms with E-state index in [1.807, 2.05) is 54.2 Å². The Morgan fingerprint density at radius 1 is 1.07 bits per heavy atom. The highest BCUT2D eigenvalue weighted by Crippen LogP contribution is 2.42. The maximum Gasteiger partial charge on any atom is 0.257 e. The van der Waals surface area contributed by atoms with Crippen molar-refractivity contribution in [2.45, 2.75) is 0 Å². The molecule has 11 heteroatoms. The zero-order chi connectivity index (χ0) is 31.1. The number of nitrogens with one attached hydrogen (secondary N) is 2. The summed E-state index contributed by atoms with van der Waals surface area (Å²) in [5.41, 5.74) is 4.86. The van der Waals surface area contributed by atoms with Crippen molar-refractivity contribution in [3.63, 3.8) is 0 Å². The molecule has 2 saturated heterocycles. The van der Waals surface area contributed by atoms with Crippen LogP contribution in [0.3, 0.4) is 0 Å².